The number of esters is 1. The van der Waals surface area contributed by atoms with Crippen LogP contribution in [0.25, 0.3) is 0 Å². The molecule has 0 aliphatic carbocycles. The van der Waals surface area contributed by atoms with Gasteiger partial charge in [0.15, 0.2) is 0 Å². The van der Waals surface area contributed by atoms with Crippen LogP contribution in [0.5, 0.6) is 0 Å². The van der Waals surface area contributed by atoms with E-state index in [4.69, 9.17) is 0 Å². The maximum atomic E-state index is 10.8. The lowest BCUT2D eigenvalue weighted by molar-refractivity contribution is -0.140. The van der Waals surface area contributed by atoms with Gasteiger partial charge < -0.3 is 4.74 Å². The molecule has 0 radical (unpaired) electrons. The van der Waals surface area contributed by atoms with Crippen LogP contribution < -0.4 is 0 Å². The van der Waals surface area contributed by atoms with Gasteiger partial charge in [-0.3, -0.25) is 4.79 Å². The normalized spacial score (nSPS) is 11.9. The molecule has 0 aromatic heterocycles. The summed E-state index contributed by atoms with van der Waals surface area (Å²) in [6.45, 7) is 2.14. The number of hydrogen-bond donors (Lipinski definition) is 0. The summed E-state index contributed by atoms with van der Waals surface area (Å²) in [4.78, 5) is 10.8. The first kappa shape index (κ1) is 15.7. The van der Waals surface area contributed by atoms with E-state index >= 15 is 0 Å². The molecule has 0 amide bonds. The predicted molar refractivity (Wildman–Crippen MR) is 72.8 cm³/mol. The number of hydrogen-bond acceptors (Lipinski definition) is 2. The number of methoxy groups -OCH3 is 1. The lowest BCUT2D eigenvalue weighted by Gasteiger charge is -1.95. The first-order chi connectivity index (χ1) is 8.31. The average Bonchev–Trinajstić information content (AvgIpc) is 2.35. The van der Waals surface area contributed by atoms with Crippen LogP contribution in [-0.4, -0.2) is 13.1 Å². The van der Waals surface area contributed by atoms with Crippen molar-refractivity contribution >= 4 is 5.97 Å². The molecule has 0 fully saturated rings. The van der Waals surface area contributed by atoms with Crippen molar-refractivity contribution < 1.29 is 9.53 Å². The molecule has 2 heteroatoms. The Labute approximate surface area is 105 Å². The summed E-state index contributed by atoms with van der Waals surface area (Å²) in [5.74, 6) is -0.124. The van der Waals surface area contributed by atoms with Crippen molar-refractivity contribution in [1.82, 2.24) is 0 Å². The minimum absolute atomic E-state index is 0.124. The van der Waals surface area contributed by atoms with E-state index in [2.05, 4.69) is 48.1 Å². The highest BCUT2D eigenvalue weighted by Gasteiger charge is 1.96. The van der Waals surface area contributed by atoms with Gasteiger partial charge >= 0.3 is 5.97 Å². The topological polar surface area (TPSA) is 26.3 Å². The van der Waals surface area contributed by atoms with Crippen molar-refractivity contribution in [2.45, 2.75) is 45.4 Å². The van der Waals surface area contributed by atoms with Crippen LogP contribution in [0.15, 0.2) is 36.5 Å². The Morgan fingerprint density at radius 1 is 1.00 bits per heavy atom. The van der Waals surface area contributed by atoms with Gasteiger partial charge in [-0.05, 0) is 32.1 Å². The fourth-order valence-corrected chi connectivity index (χ4v) is 1.29. The predicted octanol–water partition coefficient (Wildman–Crippen LogP) is 4.19. The third kappa shape index (κ3) is 12.6. The maximum Gasteiger partial charge on any atom is 0.305 e. The molecule has 0 aliphatic rings. The summed E-state index contributed by atoms with van der Waals surface area (Å²) in [7, 11) is 1.43. The van der Waals surface area contributed by atoms with Crippen molar-refractivity contribution in [2.75, 3.05) is 7.11 Å². The van der Waals surface area contributed by atoms with Gasteiger partial charge in [-0.25, -0.2) is 0 Å². The molecule has 0 spiro atoms. The summed E-state index contributed by atoms with van der Waals surface area (Å²) < 4.78 is 4.56. The third-order valence-electron chi connectivity index (χ3n) is 2.26. The van der Waals surface area contributed by atoms with Crippen molar-refractivity contribution in [1.29, 1.82) is 0 Å². The summed E-state index contributed by atoms with van der Waals surface area (Å²) in [6, 6.07) is 0. The molecule has 0 unspecified atom stereocenters. The van der Waals surface area contributed by atoms with Gasteiger partial charge in [0.25, 0.3) is 0 Å². The van der Waals surface area contributed by atoms with Crippen LogP contribution >= 0.6 is 0 Å². The zero-order valence-corrected chi connectivity index (χ0v) is 11.0. The highest BCUT2D eigenvalue weighted by Crippen LogP contribution is 1.99. The Hall–Kier alpha value is -1.31. The van der Waals surface area contributed by atoms with Crippen LogP contribution in [0.3, 0.4) is 0 Å². The van der Waals surface area contributed by atoms with Crippen LogP contribution in [0, 0.1) is 0 Å². The largest absolute Gasteiger partial charge is 0.469 e. The zero-order valence-electron chi connectivity index (χ0n) is 11.0. The van der Waals surface area contributed by atoms with E-state index < -0.39 is 0 Å². The van der Waals surface area contributed by atoms with Crippen LogP contribution in [-0.2, 0) is 9.53 Å². The lowest BCUT2D eigenvalue weighted by Crippen LogP contribution is -1.98. The van der Waals surface area contributed by atoms with Crippen molar-refractivity contribution in [3.8, 4) is 0 Å². The first-order valence-corrected chi connectivity index (χ1v) is 6.33. The second kappa shape index (κ2) is 12.8. The Kier molecular flexibility index (Phi) is 11.8. The van der Waals surface area contributed by atoms with Gasteiger partial charge in [0, 0.05) is 6.42 Å². The molecule has 0 aliphatic heterocycles. The van der Waals surface area contributed by atoms with E-state index in [0.29, 0.717) is 6.42 Å². The standard InChI is InChI=1S/C15H24O2/c1-3-4-5-6-7-8-9-10-11-12-13-14-15(16)17-2/h4-5,7-8,10-11H,3,6,9,12-14H2,1-2H3/b5-4-,8-7-,11-10-. The first-order valence-electron chi connectivity index (χ1n) is 6.33. The van der Waals surface area contributed by atoms with Crippen molar-refractivity contribution in [3.63, 3.8) is 0 Å². The smallest absolute Gasteiger partial charge is 0.305 e. The molecule has 96 valence electrons. The summed E-state index contributed by atoms with van der Waals surface area (Å²) >= 11 is 0. The maximum absolute atomic E-state index is 10.8. The molecule has 2 nitrogen and oxygen atoms in total. The van der Waals surface area contributed by atoms with Crippen molar-refractivity contribution in [2.24, 2.45) is 0 Å². The molecule has 0 heterocycles. The van der Waals surface area contributed by atoms with Gasteiger partial charge in [0.1, 0.15) is 0 Å². The Morgan fingerprint density at radius 2 is 1.59 bits per heavy atom. The fourth-order valence-electron chi connectivity index (χ4n) is 1.29. The van der Waals surface area contributed by atoms with E-state index in [-0.39, 0.29) is 5.97 Å². The van der Waals surface area contributed by atoms with Crippen LogP contribution in [0.1, 0.15) is 45.4 Å². The average molecular weight is 236 g/mol. The fraction of sp³-hybridized carbons (Fsp3) is 0.533. The van der Waals surface area contributed by atoms with Gasteiger partial charge in [0.2, 0.25) is 0 Å². The van der Waals surface area contributed by atoms with Gasteiger partial charge in [-0.1, -0.05) is 43.4 Å². The van der Waals surface area contributed by atoms with E-state index in [9.17, 15) is 4.79 Å². The highest BCUT2D eigenvalue weighted by molar-refractivity contribution is 5.68. The molecule has 0 atom stereocenters. The zero-order chi connectivity index (χ0) is 12.8. The molecule has 0 aromatic rings. The van der Waals surface area contributed by atoms with E-state index in [1.54, 1.807) is 0 Å². The highest BCUT2D eigenvalue weighted by atomic mass is 16.5. The van der Waals surface area contributed by atoms with Crippen LogP contribution in [0.4, 0.5) is 0 Å². The van der Waals surface area contributed by atoms with E-state index in [1.165, 1.54) is 7.11 Å². The Bertz CT molecular complexity index is 262. The SMILES string of the molecule is CC/C=C\C/C=C\C/C=C\CCCC(=O)OC. The minimum atomic E-state index is -0.124. The van der Waals surface area contributed by atoms with Crippen molar-refractivity contribution in [3.05, 3.63) is 36.5 Å². The second-order valence-corrected chi connectivity index (χ2v) is 3.76. The minimum Gasteiger partial charge on any atom is -0.469 e. The molecule has 0 N–H and O–H groups in total. The lowest BCUT2D eigenvalue weighted by atomic mass is 10.2. The molecular formula is C15H24O2. The van der Waals surface area contributed by atoms with E-state index in [1.807, 2.05) is 0 Å². The molecule has 0 bridgehead atoms. The van der Waals surface area contributed by atoms with Gasteiger partial charge in [0.05, 0.1) is 7.11 Å². The molecule has 0 saturated heterocycles. The van der Waals surface area contributed by atoms with E-state index in [0.717, 1.165) is 32.1 Å². The number of ether oxygens (including phenoxy) is 1. The third-order valence-corrected chi connectivity index (χ3v) is 2.26. The summed E-state index contributed by atoms with van der Waals surface area (Å²) in [6.07, 6.45) is 18.4. The molecule has 0 rings (SSSR count). The number of unbranched alkanes of at least 4 members (excludes halogenated alkanes) is 1. The molecule has 0 aromatic carbocycles. The number of carbonyl (C=O) groups is 1. The number of carbonyl (C=O) groups excluding carboxylic acids is 1. The molecule has 17 heavy (non-hydrogen) atoms. The van der Waals surface area contributed by atoms with Crippen LogP contribution in [0.2, 0.25) is 0 Å². The molecule has 0 saturated carbocycles. The number of rotatable bonds is 9. The quantitative estimate of drug-likeness (QED) is 0.341. The summed E-state index contributed by atoms with van der Waals surface area (Å²) in [5, 5.41) is 0. The second-order valence-electron chi connectivity index (χ2n) is 3.76. The number of allylic oxidation sites excluding steroid dienone is 6. The summed E-state index contributed by atoms with van der Waals surface area (Å²) in [5.41, 5.74) is 0. The Morgan fingerprint density at radius 3 is 2.18 bits per heavy atom. The molecular weight excluding hydrogens is 212 g/mol. The Balaban J connectivity index is 3.36. The van der Waals surface area contributed by atoms with Gasteiger partial charge in [-0.2, -0.15) is 0 Å². The van der Waals surface area contributed by atoms with Gasteiger partial charge in [-0.15, -0.1) is 0 Å². The monoisotopic (exact) mass is 236 g/mol.